The highest BCUT2D eigenvalue weighted by molar-refractivity contribution is 5.85. The van der Waals surface area contributed by atoms with Gasteiger partial charge in [-0.15, -0.1) is 0 Å². The maximum absolute atomic E-state index is 12.5. The molecule has 3 atom stereocenters. The predicted octanol–water partition coefficient (Wildman–Crippen LogP) is 3.13. The first-order valence-corrected chi connectivity index (χ1v) is 8.31. The van der Waals surface area contributed by atoms with Crippen LogP contribution in [0.15, 0.2) is 12.2 Å². The third-order valence-corrected chi connectivity index (χ3v) is 5.07. The Bertz CT molecular complexity index is 399. The van der Waals surface area contributed by atoms with E-state index in [9.17, 15) is 14.7 Å². The Morgan fingerprint density at radius 1 is 1.14 bits per heavy atom. The summed E-state index contributed by atoms with van der Waals surface area (Å²) < 4.78 is 0. The van der Waals surface area contributed by atoms with E-state index in [-0.39, 0.29) is 11.9 Å². The predicted molar refractivity (Wildman–Crippen MR) is 81.8 cm³/mol. The van der Waals surface area contributed by atoms with Crippen LogP contribution in [0.3, 0.4) is 0 Å². The monoisotopic (exact) mass is 293 g/mol. The number of amides is 1. The quantitative estimate of drug-likeness (QED) is 0.765. The van der Waals surface area contributed by atoms with Gasteiger partial charge in [0.25, 0.3) is 0 Å². The van der Waals surface area contributed by atoms with E-state index >= 15 is 0 Å². The third kappa shape index (κ3) is 4.08. The number of nitrogens with one attached hydrogen (secondary N) is 1. The van der Waals surface area contributed by atoms with Gasteiger partial charge in [0.15, 0.2) is 0 Å². The van der Waals surface area contributed by atoms with Crippen molar-refractivity contribution >= 4 is 11.9 Å². The summed E-state index contributed by atoms with van der Waals surface area (Å²) in [7, 11) is 0. The molecule has 118 valence electrons. The first kappa shape index (κ1) is 16.1. The molecule has 4 nitrogen and oxygen atoms in total. The van der Waals surface area contributed by atoms with Gasteiger partial charge in [0.1, 0.15) is 0 Å². The molecule has 1 fully saturated rings. The Kier molecular flexibility index (Phi) is 5.83. The van der Waals surface area contributed by atoms with Gasteiger partial charge >= 0.3 is 5.97 Å². The molecule has 2 aliphatic carbocycles. The van der Waals surface area contributed by atoms with E-state index in [1.165, 1.54) is 32.1 Å². The number of hydrogen-bond donors (Lipinski definition) is 2. The van der Waals surface area contributed by atoms with Gasteiger partial charge in [0.05, 0.1) is 11.8 Å². The topological polar surface area (TPSA) is 66.4 Å². The summed E-state index contributed by atoms with van der Waals surface area (Å²) in [6.45, 7) is 2.11. The highest BCUT2D eigenvalue weighted by Crippen LogP contribution is 2.30. The summed E-state index contributed by atoms with van der Waals surface area (Å²) in [5.74, 6) is -1.34. The van der Waals surface area contributed by atoms with Crippen LogP contribution < -0.4 is 5.32 Å². The van der Waals surface area contributed by atoms with Crippen molar-refractivity contribution in [1.82, 2.24) is 5.32 Å². The van der Waals surface area contributed by atoms with Crippen molar-refractivity contribution < 1.29 is 14.7 Å². The first-order valence-electron chi connectivity index (χ1n) is 8.31. The van der Waals surface area contributed by atoms with Crippen molar-refractivity contribution in [3.63, 3.8) is 0 Å². The molecule has 1 saturated carbocycles. The van der Waals surface area contributed by atoms with Crippen LogP contribution in [0.1, 0.15) is 58.3 Å². The SMILES string of the molecule is CCC(NC(=O)[C@@H]1CC=CC[C@@H]1C(=O)O)C1CCCCC1. The highest BCUT2D eigenvalue weighted by Gasteiger charge is 2.35. The number of carbonyl (C=O) groups excluding carboxylic acids is 1. The molecular formula is C17H27NO3. The summed E-state index contributed by atoms with van der Waals surface area (Å²) in [6.07, 6.45) is 11.9. The molecule has 2 N–H and O–H groups in total. The zero-order valence-corrected chi connectivity index (χ0v) is 12.9. The van der Waals surface area contributed by atoms with Gasteiger partial charge in [-0.1, -0.05) is 38.3 Å². The van der Waals surface area contributed by atoms with Gasteiger partial charge in [-0.25, -0.2) is 0 Å². The van der Waals surface area contributed by atoms with E-state index in [0.29, 0.717) is 18.8 Å². The highest BCUT2D eigenvalue weighted by atomic mass is 16.4. The lowest BCUT2D eigenvalue weighted by Crippen LogP contribution is -2.46. The number of carbonyl (C=O) groups is 2. The van der Waals surface area contributed by atoms with Crippen LogP contribution in [0.4, 0.5) is 0 Å². The number of aliphatic carboxylic acids is 1. The molecule has 4 heteroatoms. The summed E-state index contributed by atoms with van der Waals surface area (Å²) in [4.78, 5) is 23.8. The van der Waals surface area contributed by atoms with E-state index in [1.54, 1.807) is 0 Å². The zero-order chi connectivity index (χ0) is 15.2. The largest absolute Gasteiger partial charge is 0.481 e. The molecule has 2 rings (SSSR count). The van der Waals surface area contributed by atoms with E-state index in [4.69, 9.17) is 0 Å². The van der Waals surface area contributed by atoms with Crippen molar-refractivity contribution in [2.45, 2.75) is 64.3 Å². The van der Waals surface area contributed by atoms with Crippen molar-refractivity contribution in [3.05, 3.63) is 12.2 Å². The third-order valence-electron chi connectivity index (χ3n) is 5.07. The zero-order valence-electron chi connectivity index (χ0n) is 12.9. The molecule has 0 spiro atoms. The average molecular weight is 293 g/mol. The molecule has 1 unspecified atom stereocenters. The molecule has 0 saturated heterocycles. The van der Waals surface area contributed by atoms with E-state index in [2.05, 4.69) is 12.2 Å². The maximum Gasteiger partial charge on any atom is 0.307 e. The average Bonchev–Trinajstić information content (AvgIpc) is 2.53. The molecule has 0 aromatic carbocycles. The molecule has 0 aromatic heterocycles. The minimum absolute atomic E-state index is 0.0656. The smallest absolute Gasteiger partial charge is 0.307 e. The number of hydrogen-bond acceptors (Lipinski definition) is 2. The summed E-state index contributed by atoms with van der Waals surface area (Å²) in [5.41, 5.74) is 0. The van der Waals surface area contributed by atoms with Crippen LogP contribution in [0.5, 0.6) is 0 Å². The number of carboxylic acids is 1. The summed E-state index contributed by atoms with van der Waals surface area (Å²) >= 11 is 0. The minimum Gasteiger partial charge on any atom is -0.481 e. The van der Waals surface area contributed by atoms with Gasteiger partial charge in [-0.05, 0) is 38.0 Å². The van der Waals surface area contributed by atoms with Crippen LogP contribution in [-0.2, 0) is 9.59 Å². The number of carboxylic acid groups (broad SMARTS) is 1. The Morgan fingerprint density at radius 2 is 1.76 bits per heavy atom. The lowest BCUT2D eigenvalue weighted by Gasteiger charge is -2.32. The van der Waals surface area contributed by atoms with E-state index in [0.717, 1.165) is 6.42 Å². The fourth-order valence-corrected chi connectivity index (χ4v) is 3.76. The van der Waals surface area contributed by atoms with Crippen LogP contribution in [0, 0.1) is 17.8 Å². The second-order valence-corrected chi connectivity index (χ2v) is 6.42. The molecule has 0 heterocycles. The molecular weight excluding hydrogens is 266 g/mol. The van der Waals surface area contributed by atoms with Crippen LogP contribution >= 0.6 is 0 Å². The lowest BCUT2D eigenvalue weighted by molar-refractivity contribution is -0.147. The van der Waals surface area contributed by atoms with Crippen LogP contribution in [-0.4, -0.2) is 23.0 Å². The fourth-order valence-electron chi connectivity index (χ4n) is 3.76. The molecule has 0 bridgehead atoms. The lowest BCUT2D eigenvalue weighted by atomic mass is 9.80. The summed E-state index contributed by atoms with van der Waals surface area (Å²) in [6, 6.07) is 0.207. The van der Waals surface area contributed by atoms with Gasteiger partial charge in [-0.2, -0.15) is 0 Å². The maximum atomic E-state index is 12.5. The standard InChI is InChI=1S/C17H27NO3/c1-2-15(12-8-4-3-5-9-12)18-16(19)13-10-6-7-11-14(13)17(20)21/h6-7,12-15H,2-5,8-11H2,1H3,(H,18,19)(H,20,21)/t13-,14+,15?/m1/s1. The van der Waals surface area contributed by atoms with Crippen molar-refractivity contribution in [2.75, 3.05) is 0 Å². The summed E-state index contributed by atoms with van der Waals surface area (Å²) in [5, 5.41) is 12.4. The van der Waals surface area contributed by atoms with Crippen molar-refractivity contribution in [1.29, 1.82) is 0 Å². The molecule has 0 aromatic rings. The van der Waals surface area contributed by atoms with Crippen molar-refractivity contribution in [3.8, 4) is 0 Å². The molecule has 21 heavy (non-hydrogen) atoms. The number of allylic oxidation sites excluding steroid dienone is 2. The van der Waals surface area contributed by atoms with Gasteiger partial charge in [0, 0.05) is 6.04 Å². The molecule has 2 aliphatic rings. The minimum atomic E-state index is -0.856. The van der Waals surface area contributed by atoms with Gasteiger partial charge < -0.3 is 10.4 Å². The second kappa shape index (κ2) is 7.62. The van der Waals surface area contributed by atoms with Gasteiger partial charge in [-0.3, -0.25) is 9.59 Å². The molecule has 0 radical (unpaired) electrons. The van der Waals surface area contributed by atoms with Crippen LogP contribution in [0.25, 0.3) is 0 Å². The molecule has 0 aliphatic heterocycles. The normalized spacial score (nSPS) is 28.0. The Labute approximate surface area is 127 Å². The first-order chi connectivity index (χ1) is 10.1. The van der Waals surface area contributed by atoms with Crippen molar-refractivity contribution in [2.24, 2.45) is 17.8 Å². The van der Waals surface area contributed by atoms with Gasteiger partial charge in [0.2, 0.25) is 5.91 Å². The Morgan fingerprint density at radius 3 is 2.33 bits per heavy atom. The Balaban J connectivity index is 1.97. The fraction of sp³-hybridized carbons (Fsp3) is 0.765. The number of rotatable bonds is 5. The second-order valence-electron chi connectivity index (χ2n) is 6.42. The molecule has 1 amide bonds. The van der Waals surface area contributed by atoms with E-state index < -0.39 is 17.8 Å². The Hall–Kier alpha value is -1.32. The van der Waals surface area contributed by atoms with Crippen LogP contribution in [0.2, 0.25) is 0 Å². The van der Waals surface area contributed by atoms with E-state index in [1.807, 2.05) is 12.2 Å².